The summed E-state index contributed by atoms with van der Waals surface area (Å²) in [6.07, 6.45) is 3.61. The van der Waals surface area contributed by atoms with Gasteiger partial charge < -0.3 is 17.2 Å². The first-order valence-electron chi connectivity index (χ1n) is 6.26. The molecular formula is C11H21N7. The molecular weight excluding hydrogens is 230 g/mol. The highest BCUT2D eigenvalue weighted by Gasteiger charge is 2.29. The molecule has 1 heterocycles. The van der Waals surface area contributed by atoms with Gasteiger partial charge in [0.25, 0.3) is 0 Å². The summed E-state index contributed by atoms with van der Waals surface area (Å²) in [5.74, 6) is 1.53. The van der Waals surface area contributed by atoms with Crippen LogP contribution in [-0.4, -0.2) is 39.5 Å². The van der Waals surface area contributed by atoms with E-state index in [1.165, 1.54) is 19.3 Å². The van der Waals surface area contributed by atoms with Crippen LogP contribution in [0.3, 0.4) is 0 Å². The monoisotopic (exact) mass is 251 g/mol. The van der Waals surface area contributed by atoms with Crippen LogP contribution in [0, 0.1) is 5.92 Å². The number of hydrogen-bond acceptors (Lipinski definition) is 7. The minimum atomic E-state index is 0.174. The molecule has 18 heavy (non-hydrogen) atoms. The first-order chi connectivity index (χ1) is 8.60. The molecule has 1 fully saturated rings. The van der Waals surface area contributed by atoms with E-state index < -0.39 is 0 Å². The van der Waals surface area contributed by atoms with Crippen molar-refractivity contribution in [3.63, 3.8) is 0 Å². The predicted molar refractivity (Wildman–Crippen MR) is 70.3 cm³/mol. The summed E-state index contributed by atoms with van der Waals surface area (Å²) in [5.41, 5.74) is 16.9. The van der Waals surface area contributed by atoms with Gasteiger partial charge in [-0.2, -0.15) is 15.0 Å². The van der Waals surface area contributed by atoms with E-state index in [4.69, 9.17) is 17.2 Å². The predicted octanol–water partition coefficient (Wildman–Crippen LogP) is -0.405. The lowest BCUT2D eigenvalue weighted by Gasteiger charge is -2.28. The average molecular weight is 251 g/mol. The highest BCUT2D eigenvalue weighted by atomic mass is 15.2. The summed E-state index contributed by atoms with van der Waals surface area (Å²) >= 11 is 0. The van der Waals surface area contributed by atoms with Crippen LogP contribution < -0.4 is 17.2 Å². The number of nitrogens with zero attached hydrogens (tertiary/aromatic N) is 4. The third kappa shape index (κ3) is 2.85. The Morgan fingerprint density at radius 3 is 2.44 bits per heavy atom. The molecule has 0 spiro atoms. The summed E-state index contributed by atoms with van der Waals surface area (Å²) in [5, 5.41) is 0. The maximum atomic E-state index is 5.80. The lowest BCUT2D eigenvalue weighted by atomic mass is 10.0. The largest absolute Gasteiger partial charge is 0.368 e. The zero-order chi connectivity index (χ0) is 13.1. The Bertz CT molecular complexity index is 388. The Labute approximate surface area is 107 Å². The van der Waals surface area contributed by atoms with Gasteiger partial charge in [-0.3, -0.25) is 4.90 Å². The van der Waals surface area contributed by atoms with Crippen molar-refractivity contribution in [3.05, 3.63) is 5.82 Å². The third-order valence-electron chi connectivity index (χ3n) is 3.59. The summed E-state index contributed by atoms with van der Waals surface area (Å²) in [6.45, 7) is 1.36. The van der Waals surface area contributed by atoms with E-state index in [0.717, 1.165) is 6.54 Å². The van der Waals surface area contributed by atoms with Gasteiger partial charge in [-0.25, -0.2) is 0 Å². The van der Waals surface area contributed by atoms with Crippen molar-refractivity contribution >= 4 is 11.9 Å². The summed E-state index contributed by atoms with van der Waals surface area (Å²) in [4.78, 5) is 14.2. The fourth-order valence-corrected chi connectivity index (χ4v) is 2.74. The summed E-state index contributed by atoms with van der Waals surface area (Å²) in [7, 11) is 2.06. The standard InChI is InChI=1S/C11H21N7/c1-18(8-4-2-3-7(8)5-12)6-9-15-10(13)17-11(14)16-9/h7-8H,2-6,12H2,1H3,(H4,13,14,15,16,17). The normalized spacial score (nSPS) is 23.7. The summed E-state index contributed by atoms with van der Waals surface area (Å²) < 4.78 is 0. The smallest absolute Gasteiger partial charge is 0.225 e. The highest BCUT2D eigenvalue weighted by Crippen LogP contribution is 2.29. The zero-order valence-corrected chi connectivity index (χ0v) is 10.7. The van der Waals surface area contributed by atoms with Gasteiger partial charge in [0.15, 0.2) is 0 Å². The molecule has 1 aromatic rings. The molecule has 1 aliphatic carbocycles. The van der Waals surface area contributed by atoms with E-state index in [9.17, 15) is 0 Å². The first kappa shape index (κ1) is 13.0. The second kappa shape index (κ2) is 5.45. The van der Waals surface area contributed by atoms with Gasteiger partial charge in [-0.05, 0) is 32.4 Å². The SMILES string of the molecule is CN(Cc1nc(N)nc(N)n1)C1CCCC1CN. The Morgan fingerprint density at radius 2 is 1.83 bits per heavy atom. The molecule has 0 aromatic carbocycles. The fraction of sp³-hybridized carbons (Fsp3) is 0.727. The minimum Gasteiger partial charge on any atom is -0.368 e. The van der Waals surface area contributed by atoms with Crippen LogP contribution in [-0.2, 0) is 6.54 Å². The number of rotatable bonds is 4. The van der Waals surface area contributed by atoms with Crippen molar-refractivity contribution < 1.29 is 0 Å². The van der Waals surface area contributed by atoms with Crippen LogP contribution >= 0.6 is 0 Å². The van der Waals surface area contributed by atoms with E-state index in [1.54, 1.807) is 0 Å². The number of nitrogen functional groups attached to an aromatic ring is 2. The quantitative estimate of drug-likeness (QED) is 0.665. The van der Waals surface area contributed by atoms with E-state index in [-0.39, 0.29) is 11.9 Å². The van der Waals surface area contributed by atoms with Crippen LogP contribution in [0.15, 0.2) is 0 Å². The van der Waals surface area contributed by atoms with Gasteiger partial charge in [0.05, 0.1) is 6.54 Å². The Kier molecular flexibility index (Phi) is 3.93. The average Bonchev–Trinajstić information content (AvgIpc) is 2.75. The van der Waals surface area contributed by atoms with Crippen LogP contribution in [0.1, 0.15) is 25.1 Å². The number of anilines is 2. The van der Waals surface area contributed by atoms with Gasteiger partial charge in [0.1, 0.15) is 5.82 Å². The molecule has 2 atom stereocenters. The van der Waals surface area contributed by atoms with E-state index >= 15 is 0 Å². The van der Waals surface area contributed by atoms with Gasteiger partial charge in [-0.15, -0.1) is 0 Å². The maximum Gasteiger partial charge on any atom is 0.225 e. The van der Waals surface area contributed by atoms with Crippen molar-refractivity contribution in [2.45, 2.75) is 31.8 Å². The number of nitrogens with two attached hydrogens (primary N) is 3. The molecule has 0 aliphatic heterocycles. The molecule has 0 bridgehead atoms. The number of hydrogen-bond donors (Lipinski definition) is 3. The fourth-order valence-electron chi connectivity index (χ4n) is 2.74. The van der Waals surface area contributed by atoms with Crippen molar-refractivity contribution in [2.75, 3.05) is 25.1 Å². The lowest BCUT2D eigenvalue weighted by molar-refractivity contribution is 0.188. The number of aromatic nitrogens is 3. The van der Waals surface area contributed by atoms with E-state index in [0.29, 0.717) is 24.3 Å². The second-order valence-corrected chi connectivity index (χ2v) is 4.88. The Balaban J connectivity index is 2.04. The molecule has 1 aliphatic rings. The molecule has 0 saturated heterocycles. The van der Waals surface area contributed by atoms with E-state index in [2.05, 4.69) is 26.9 Å². The lowest BCUT2D eigenvalue weighted by Crippen LogP contribution is -2.37. The van der Waals surface area contributed by atoms with Crippen molar-refractivity contribution in [1.29, 1.82) is 0 Å². The molecule has 0 amide bonds. The van der Waals surface area contributed by atoms with Crippen molar-refractivity contribution in [1.82, 2.24) is 19.9 Å². The van der Waals surface area contributed by atoms with Crippen molar-refractivity contribution in [3.8, 4) is 0 Å². The highest BCUT2D eigenvalue weighted by molar-refractivity contribution is 5.25. The second-order valence-electron chi connectivity index (χ2n) is 4.88. The minimum absolute atomic E-state index is 0.174. The van der Waals surface area contributed by atoms with Gasteiger partial charge in [-0.1, -0.05) is 6.42 Å². The molecule has 1 saturated carbocycles. The first-order valence-corrected chi connectivity index (χ1v) is 6.26. The van der Waals surface area contributed by atoms with Gasteiger partial charge in [0, 0.05) is 6.04 Å². The molecule has 6 N–H and O–H groups in total. The Hall–Kier alpha value is -1.47. The summed E-state index contributed by atoms with van der Waals surface area (Å²) in [6, 6.07) is 0.495. The van der Waals surface area contributed by atoms with Crippen LogP contribution in [0.2, 0.25) is 0 Å². The topological polar surface area (TPSA) is 120 Å². The zero-order valence-electron chi connectivity index (χ0n) is 10.7. The molecule has 7 heteroatoms. The molecule has 7 nitrogen and oxygen atoms in total. The molecule has 100 valence electrons. The third-order valence-corrected chi connectivity index (χ3v) is 3.59. The van der Waals surface area contributed by atoms with Crippen LogP contribution in [0.4, 0.5) is 11.9 Å². The Morgan fingerprint density at radius 1 is 1.17 bits per heavy atom. The van der Waals surface area contributed by atoms with Crippen LogP contribution in [0.5, 0.6) is 0 Å². The van der Waals surface area contributed by atoms with Crippen molar-refractivity contribution in [2.24, 2.45) is 11.7 Å². The molecule has 2 rings (SSSR count). The molecule has 2 unspecified atom stereocenters. The van der Waals surface area contributed by atoms with Crippen LogP contribution in [0.25, 0.3) is 0 Å². The van der Waals surface area contributed by atoms with Gasteiger partial charge in [0.2, 0.25) is 11.9 Å². The van der Waals surface area contributed by atoms with Gasteiger partial charge >= 0.3 is 0 Å². The maximum absolute atomic E-state index is 5.80. The molecule has 0 radical (unpaired) electrons. The molecule has 1 aromatic heterocycles. The van der Waals surface area contributed by atoms with E-state index in [1.807, 2.05) is 0 Å².